The van der Waals surface area contributed by atoms with Gasteiger partial charge >= 0.3 is 5.97 Å². The Kier molecular flexibility index (Phi) is 8.21. The number of amides is 1. The molecule has 0 aliphatic rings. The van der Waals surface area contributed by atoms with Crippen LogP contribution in [0.25, 0.3) is 0 Å². The number of pyridine rings is 1. The van der Waals surface area contributed by atoms with Crippen molar-refractivity contribution in [3.8, 4) is 11.5 Å². The van der Waals surface area contributed by atoms with Gasteiger partial charge in [0.2, 0.25) is 0 Å². The molecule has 1 heterocycles. The number of rotatable bonds is 8. The van der Waals surface area contributed by atoms with Gasteiger partial charge in [-0.15, -0.1) is 0 Å². The number of ether oxygens (including phenoxy) is 3. The van der Waals surface area contributed by atoms with Crippen LogP contribution in [0.1, 0.15) is 22.8 Å². The number of carbonyl (C=O) groups is 2. The molecule has 2 rings (SSSR count). The molecule has 0 aliphatic heterocycles. The summed E-state index contributed by atoms with van der Waals surface area (Å²) in [4.78, 5) is 27.2. The van der Waals surface area contributed by atoms with E-state index in [1.54, 1.807) is 18.2 Å². The molecule has 0 bridgehead atoms. The lowest BCUT2D eigenvalue weighted by atomic mass is 10.2. The van der Waals surface area contributed by atoms with E-state index in [4.69, 9.17) is 21.1 Å². The second kappa shape index (κ2) is 10.6. The van der Waals surface area contributed by atoms with Gasteiger partial charge in [-0.2, -0.15) is 5.10 Å². The van der Waals surface area contributed by atoms with Crippen molar-refractivity contribution >= 4 is 45.6 Å². The summed E-state index contributed by atoms with van der Waals surface area (Å²) >= 11 is 9.25. The molecule has 0 fully saturated rings. The fourth-order valence-electron chi connectivity index (χ4n) is 2.04. The summed E-state index contributed by atoms with van der Waals surface area (Å²) in [6, 6.07) is 6.50. The Balaban J connectivity index is 2.14. The largest absolute Gasteiger partial charge is 0.490 e. The lowest BCUT2D eigenvalue weighted by Gasteiger charge is -2.13. The molecule has 0 radical (unpaired) electrons. The number of nitrogens with one attached hydrogen (secondary N) is 1. The number of nitrogens with zero attached hydrogens (tertiary/aromatic N) is 2. The van der Waals surface area contributed by atoms with Gasteiger partial charge in [0.15, 0.2) is 18.1 Å². The van der Waals surface area contributed by atoms with Crippen LogP contribution in [0.3, 0.4) is 0 Å². The van der Waals surface area contributed by atoms with Crippen molar-refractivity contribution in [2.24, 2.45) is 5.10 Å². The van der Waals surface area contributed by atoms with Crippen LogP contribution in [0.2, 0.25) is 5.15 Å². The van der Waals surface area contributed by atoms with E-state index in [2.05, 4.69) is 36.2 Å². The summed E-state index contributed by atoms with van der Waals surface area (Å²) in [5.41, 5.74) is 3.21. The Hall–Kier alpha value is -2.65. The summed E-state index contributed by atoms with van der Waals surface area (Å²) < 4.78 is 16.1. The van der Waals surface area contributed by atoms with Crippen LogP contribution in [0, 0.1) is 0 Å². The summed E-state index contributed by atoms with van der Waals surface area (Å²) in [5, 5.41) is 4.00. The van der Waals surface area contributed by atoms with E-state index < -0.39 is 11.9 Å². The van der Waals surface area contributed by atoms with Gasteiger partial charge in [-0.3, -0.25) is 4.79 Å². The fraction of sp³-hybridized carbons (Fsp3) is 0.222. The number of methoxy groups -OCH3 is 1. The number of benzene rings is 1. The molecule has 10 heteroatoms. The zero-order valence-corrected chi connectivity index (χ0v) is 17.4. The Morgan fingerprint density at radius 2 is 2.14 bits per heavy atom. The van der Waals surface area contributed by atoms with Gasteiger partial charge in [-0.05, 0) is 52.7 Å². The second-order valence-electron chi connectivity index (χ2n) is 5.17. The van der Waals surface area contributed by atoms with Gasteiger partial charge in [0.1, 0.15) is 5.15 Å². The van der Waals surface area contributed by atoms with Gasteiger partial charge in [0.05, 0.1) is 30.0 Å². The lowest BCUT2D eigenvalue weighted by Crippen LogP contribution is -2.18. The quantitative estimate of drug-likeness (QED) is 0.275. The normalized spacial score (nSPS) is 10.6. The van der Waals surface area contributed by atoms with Crippen molar-refractivity contribution in [1.82, 2.24) is 10.4 Å². The maximum Gasteiger partial charge on any atom is 0.343 e. The van der Waals surface area contributed by atoms with Crippen LogP contribution in [0.5, 0.6) is 11.5 Å². The molecule has 28 heavy (non-hydrogen) atoms. The predicted molar refractivity (Wildman–Crippen MR) is 107 cm³/mol. The standard InChI is InChI=1S/C18H17BrClN3O5/c1-3-27-14-8-11(7-13(19)16(14)28-10-15(24)26-2)9-22-23-18(25)12-5-4-6-21-17(12)20/h4-9H,3,10H2,1-2H3,(H,23,25). The molecule has 1 N–H and O–H groups in total. The number of hydrogen-bond donors (Lipinski definition) is 1. The molecule has 148 valence electrons. The number of carbonyl (C=O) groups excluding carboxylic acids is 2. The predicted octanol–water partition coefficient (Wildman–Crippen LogP) is 3.21. The van der Waals surface area contributed by atoms with Gasteiger partial charge in [-0.1, -0.05) is 11.6 Å². The maximum atomic E-state index is 12.1. The van der Waals surface area contributed by atoms with Crippen LogP contribution in [0.15, 0.2) is 40.0 Å². The third-order valence-electron chi connectivity index (χ3n) is 3.28. The molecular formula is C18H17BrClN3O5. The first kappa shape index (κ1) is 21.6. The molecule has 8 nitrogen and oxygen atoms in total. The van der Waals surface area contributed by atoms with Crippen molar-refractivity contribution in [3.63, 3.8) is 0 Å². The summed E-state index contributed by atoms with van der Waals surface area (Å²) in [6.07, 6.45) is 2.92. The third kappa shape index (κ3) is 5.93. The minimum Gasteiger partial charge on any atom is -0.490 e. The zero-order chi connectivity index (χ0) is 20.5. The number of halogens is 2. The van der Waals surface area contributed by atoms with Crippen molar-refractivity contribution in [1.29, 1.82) is 0 Å². The molecule has 0 saturated carbocycles. The Labute approximate surface area is 175 Å². The molecule has 0 unspecified atom stereocenters. The first-order valence-corrected chi connectivity index (χ1v) is 9.23. The molecule has 1 aromatic heterocycles. The molecule has 1 amide bonds. The Morgan fingerprint density at radius 3 is 2.82 bits per heavy atom. The fourth-order valence-corrected chi connectivity index (χ4v) is 2.82. The average molecular weight is 471 g/mol. The minimum atomic E-state index is -0.517. The highest BCUT2D eigenvalue weighted by Gasteiger charge is 2.14. The monoisotopic (exact) mass is 469 g/mol. The highest BCUT2D eigenvalue weighted by molar-refractivity contribution is 9.10. The third-order valence-corrected chi connectivity index (χ3v) is 4.17. The molecule has 0 spiro atoms. The van der Waals surface area contributed by atoms with Gasteiger partial charge in [0.25, 0.3) is 5.91 Å². The van der Waals surface area contributed by atoms with E-state index >= 15 is 0 Å². The summed E-state index contributed by atoms with van der Waals surface area (Å²) in [7, 11) is 1.27. The van der Waals surface area contributed by atoms with Crippen molar-refractivity contribution in [2.45, 2.75) is 6.92 Å². The SMILES string of the molecule is CCOc1cc(C=NNC(=O)c2cccnc2Cl)cc(Br)c1OCC(=O)OC. The van der Waals surface area contributed by atoms with Crippen LogP contribution in [0.4, 0.5) is 0 Å². The minimum absolute atomic E-state index is 0.0867. The Morgan fingerprint density at radius 1 is 1.36 bits per heavy atom. The molecular weight excluding hydrogens is 454 g/mol. The van der Waals surface area contributed by atoms with Gasteiger partial charge in [-0.25, -0.2) is 15.2 Å². The van der Waals surface area contributed by atoms with Gasteiger partial charge < -0.3 is 14.2 Å². The zero-order valence-electron chi connectivity index (χ0n) is 15.1. The first-order chi connectivity index (χ1) is 13.5. The number of hydrazone groups is 1. The topological polar surface area (TPSA) is 99.1 Å². The molecule has 0 aliphatic carbocycles. The van der Waals surface area contributed by atoms with Crippen molar-refractivity contribution in [3.05, 3.63) is 51.2 Å². The average Bonchev–Trinajstić information content (AvgIpc) is 2.67. The van der Waals surface area contributed by atoms with E-state index in [-0.39, 0.29) is 17.3 Å². The number of hydrogen-bond acceptors (Lipinski definition) is 7. The van der Waals surface area contributed by atoms with E-state index in [0.29, 0.717) is 28.1 Å². The maximum absolute atomic E-state index is 12.1. The van der Waals surface area contributed by atoms with Crippen LogP contribution in [-0.4, -0.2) is 43.4 Å². The molecule has 1 aromatic carbocycles. The highest BCUT2D eigenvalue weighted by Crippen LogP contribution is 2.36. The van der Waals surface area contributed by atoms with Crippen LogP contribution < -0.4 is 14.9 Å². The molecule has 0 saturated heterocycles. The summed E-state index contributed by atoms with van der Waals surface area (Å²) in [5.74, 6) is -0.243. The van der Waals surface area contributed by atoms with E-state index in [0.717, 1.165) is 0 Å². The Bertz CT molecular complexity index is 892. The van der Waals surface area contributed by atoms with Crippen LogP contribution in [-0.2, 0) is 9.53 Å². The van der Waals surface area contributed by atoms with Gasteiger partial charge in [0, 0.05) is 6.20 Å². The summed E-state index contributed by atoms with van der Waals surface area (Å²) in [6.45, 7) is 1.94. The van der Waals surface area contributed by atoms with Crippen molar-refractivity contribution in [2.75, 3.05) is 20.3 Å². The molecule has 0 atom stereocenters. The first-order valence-electron chi connectivity index (χ1n) is 8.06. The highest BCUT2D eigenvalue weighted by atomic mass is 79.9. The number of aromatic nitrogens is 1. The van der Waals surface area contributed by atoms with E-state index in [1.165, 1.54) is 25.6 Å². The van der Waals surface area contributed by atoms with E-state index in [9.17, 15) is 9.59 Å². The van der Waals surface area contributed by atoms with E-state index in [1.807, 2.05) is 6.92 Å². The number of esters is 1. The van der Waals surface area contributed by atoms with Crippen LogP contribution >= 0.6 is 27.5 Å². The smallest absolute Gasteiger partial charge is 0.343 e. The lowest BCUT2D eigenvalue weighted by molar-refractivity contribution is -0.142. The second-order valence-corrected chi connectivity index (χ2v) is 6.38. The molecule has 2 aromatic rings. The van der Waals surface area contributed by atoms with Crippen molar-refractivity contribution < 1.29 is 23.8 Å².